The number of carbonyl (C=O) groups excluding carboxylic acids is 1. The van der Waals surface area contributed by atoms with Crippen molar-refractivity contribution in [2.45, 2.75) is 45.4 Å². The summed E-state index contributed by atoms with van der Waals surface area (Å²) in [6.45, 7) is 5.77. The number of para-hydroxylation sites is 2. The number of aryl methyl sites for hydroxylation is 1. The first-order chi connectivity index (χ1) is 15.6. The molecule has 0 bridgehead atoms. The lowest BCUT2D eigenvalue weighted by Gasteiger charge is -2.31. The van der Waals surface area contributed by atoms with E-state index in [9.17, 15) is 4.79 Å². The summed E-state index contributed by atoms with van der Waals surface area (Å²) in [5, 5.41) is 5.94. The zero-order valence-electron chi connectivity index (χ0n) is 18.6. The normalized spacial score (nSPS) is 14.9. The summed E-state index contributed by atoms with van der Waals surface area (Å²) in [6.07, 6.45) is 3.26. The second kappa shape index (κ2) is 8.87. The fourth-order valence-corrected chi connectivity index (χ4v) is 5.82. The van der Waals surface area contributed by atoms with Gasteiger partial charge >= 0.3 is 0 Å². The smallest absolute Gasteiger partial charge is 0.222 e. The lowest BCUT2D eigenvalue weighted by atomic mass is 9.97. The number of carbonyl (C=O) groups is 1. The van der Waals surface area contributed by atoms with Gasteiger partial charge in [-0.25, -0.2) is 9.67 Å². The minimum Gasteiger partial charge on any atom is -0.343 e. The van der Waals surface area contributed by atoms with E-state index in [-0.39, 0.29) is 5.91 Å². The van der Waals surface area contributed by atoms with E-state index in [1.54, 1.807) is 11.3 Å². The van der Waals surface area contributed by atoms with Crippen LogP contribution in [0.3, 0.4) is 0 Å². The molecule has 0 spiro atoms. The Hall–Kier alpha value is -2.99. The molecular formula is C26H28N4OS. The van der Waals surface area contributed by atoms with Crippen molar-refractivity contribution in [3.63, 3.8) is 0 Å². The van der Waals surface area contributed by atoms with Gasteiger partial charge in [-0.2, -0.15) is 5.10 Å². The zero-order valence-corrected chi connectivity index (χ0v) is 19.4. The van der Waals surface area contributed by atoms with Gasteiger partial charge in [0.1, 0.15) is 0 Å². The van der Waals surface area contributed by atoms with E-state index in [0.29, 0.717) is 12.3 Å². The summed E-state index contributed by atoms with van der Waals surface area (Å²) in [5.41, 5.74) is 5.46. The second-order valence-electron chi connectivity index (χ2n) is 8.57. The van der Waals surface area contributed by atoms with E-state index in [0.717, 1.165) is 54.9 Å². The molecule has 32 heavy (non-hydrogen) atoms. The summed E-state index contributed by atoms with van der Waals surface area (Å²) < 4.78 is 3.24. The first-order valence-corrected chi connectivity index (χ1v) is 12.2. The van der Waals surface area contributed by atoms with Crippen molar-refractivity contribution in [2.24, 2.45) is 0 Å². The minimum absolute atomic E-state index is 0.249. The van der Waals surface area contributed by atoms with Gasteiger partial charge in [-0.1, -0.05) is 30.3 Å². The van der Waals surface area contributed by atoms with Gasteiger partial charge < -0.3 is 4.90 Å². The number of hydrogen-bond donors (Lipinski definition) is 0. The maximum atomic E-state index is 12.9. The number of rotatable bonds is 5. The highest BCUT2D eigenvalue weighted by molar-refractivity contribution is 7.18. The Morgan fingerprint density at radius 1 is 1.03 bits per heavy atom. The van der Waals surface area contributed by atoms with Crippen LogP contribution in [0.1, 0.15) is 47.1 Å². The maximum absolute atomic E-state index is 12.9. The fraction of sp³-hybridized carbons (Fsp3) is 0.346. The third-order valence-corrected chi connectivity index (χ3v) is 7.74. The minimum atomic E-state index is 0.249. The van der Waals surface area contributed by atoms with Crippen LogP contribution < -0.4 is 0 Å². The number of benzene rings is 2. The zero-order chi connectivity index (χ0) is 22.1. The Bertz CT molecular complexity index is 1200. The van der Waals surface area contributed by atoms with Gasteiger partial charge in [0, 0.05) is 31.1 Å². The fourth-order valence-electron chi connectivity index (χ4n) is 4.69. The summed E-state index contributed by atoms with van der Waals surface area (Å²) >= 11 is 1.80. The van der Waals surface area contributed by atoms with Crippen LogP contribution in [0.4, 0.5) is 0 Å². The molecule has 0 saturated carbocycles. The second-order valence-corrected chi connectivity index (χ2v) is 9.63. The van der Waals surface area contributed by atoms with Crippen molar-refractivity contribution < 1.29 is 4.79 Å². The lowest BCUT2D eigenvalue weighted by Crippen LogP contribution is -2.38. The molecule has 4 aromatic rings. The Morgan fingerprint density at radius 2 is 1.75 bits per heavy atom. The number of amides is 1. The van der Waals surface area contributed by atoms with Crippen LogP contribution in [0.5, 0.6) is 0 Å². The quantitative estimate of drug-likeness (QED) is 0.412. The van der Waals surface area contributed by atoms with Crippen molar-refractivity contribution in [3.05, 3.63) is 76.6 Å². The summed E-state index contributed by atoms with van der Waals surface area (Å²) in [4.78, 5) is 19.8. The van der Waals surface area contributed by atoms with Gasteiger partial charge in [0.15, 0.2) is 0 Å². The molecule has 5 nitrogen and oxygen atoms in total. The molecule has 1 amide bonds. The van der Waals surface area contributed by atoms with E-state index < -0.39 is 0 Å². The van der Waals surface area contributed by atoms with Crippen molar-refractivity contribution in [1.29, 1.82) is 0 Å². The maximum Gasteiger partial charge on any atom is 0.222 e. The molecule has 164 valence electrons. The van der Waals surface area contributed by atoms with Crippen LogP contribution in [0.25, 0.3) is 15.9 Å². The third kappa shape index (κ3) is 4.07. The molecule has 1 fully saturated rings. The third-order valence-electron chi connectivity index (χ3n) is 6.54. The number of aromatic nitrogens is 3. The van der Waals surface area contributed by atoms with Crippen molar-refractivity contribution in [3.8, 4) is 5.69 Å². The van der Waals surface area contributed by atoms with Gasteiger partial charge in [0.05, 0.1) is 26.6 Å². The molecule has 0 N–H and O–H groups in total. The van der Waals surface area contributed by atoms with Gasteiger partial charge in [-0.15, -0.1) is 11.3 Å². The first-order valence-electron chi connectivity index (χ1n) is 11.3. The topological polar surface area (TPSA) is 51.0 Å². The highest BCUT2D eigenvalue weighted by Gasteiger charge is 2.26. The van der Waals surface area contributed by atoms with Crippen LogP contribution in [-0.4, -0.2) is 38.7 Å². The molecule has 5 rings (SSSR count). The average molecular weight is 445 g/mol. The van der Waals surface area contributed by atoms with Crippen molar-refractivity contribution in [2.75, 3.05) is 13.1 Å². The summed E-state index contributed by atoms with van der Waals surface area (Å²) in [7, 11) is 0. The van der Waals surface area contributed by atoms with Crippen molar-refractivity contribution in [1.82, 2.24) is 19.7 Å². The van der Waals surface area contributed by atoms with E-state index in [4.69, 9.17) is 10.1 Å². The molecule has 1 aliphatic heterocycles. The van der Waals surface area contributed by atoms with Gasteiger partial charge in [-0.05, 0) is 62.9 Å². The molecule has 0 aliphatic carbocycles. The van der Waals surface area contributed by atoms with E-state index in [2.05, 4.69) is 37.3 Å². The number of nitrogens with zero attached hydrogens (tertiary/aromatic N) is 4. The Balaban J connectivity index is 1.19. The van der Waals surface area contributed by atoms with Gasteiger partial charge in [0.2, 0.25) is 5.91 Å². The highest BCUT2D eigenvalue weighted by Crippen LogP contribution is 2.34. The molecule has 2 aromatic carbocycles. The largest absolute Gasteiger partial charge is 0.343 e. The molecule has 3 heterocycles. The number of thiazole rings is 1. The molecule has 0 atom stereocenters. The molecular weight excluding hydrogens is 416 g/mol. The SMILES string of the molecule is Cc1nn(-c2ccccc2)c(C)c1CCC(=O)N1CCC(c2nc3ccccc3s2)CC1. The molecule has 1 saturated heterocycles. The van der Waals surface area contributed by atoms with E-state index in [1.807, 2.05) is 40.8 Å². The molecule has 2 aromatic heterocycles. The number of hydrogen-bond acceptors (Lipinski definition) is 4. The number of piperidine rings is 1. The lowest BCUT2D eigenvalue weighted by molar-refractivity contribution is -0.132. The van der Waals surface area contributed by atoms with E-state index in [1.165, 1.54) is 15.3 Å². The Labute approximate surface area is 192 Å². The van der Waals surface area contributed by atoms with Crippen LogP contribution in [0.15, 0.2) is 54.6 Å². The first kappa shape index (κ1) is 20.9. The number of likely N-dealkylation sites (tertiary alicyclic amines) is 1. The van der Waals surface area contributed by atoms with E-state index >= 15 is 0 Å². The Morgan fingerprint density at radius 3 is 2.50 bits per heavy atom. The predicted octanol–water partition coefficient (Wildman–Crippen LogP) is 5.44. The van der Waals surface area contributed by atoms with Gasteiger partial charge in [-0.3, -0.25) is 4.79 Å². The monoisotopic (exact) mass is 444 g/mol. The van der Waals surface area contributed by atoms with Crippen LogP contribution in [0, 0.1) is 13.8 Å². The summed E-state index contributed by atoms with van der Waals surface area (Å²) in [5.74, 6) is 0.712. The van der Waals surface area contributed by atoms with Gasteiger partial charge in [0.25, 0.3) is 0 Å². The molecule has 6 heteroatoms. The van der Waals surface area contributed by atoms with Crippen LogP contribution in [0.2, 0.25) is 0 Å². The predicted molar refractivity (Wildman–Crippen MR) is 130 cm³/mol. The van der Waals surface area contributed by atoms with Crippen LogP contribution in [-0.2, 0) is 11.2 Å². The van der Waals surface area contributed by atoms with Crippen molar-refractivity contribution >= 4 is 27.5 Å². The Kier molecular flexibility index (Phi) is 5.79. The number of fused-ring (bicyclic) bond motifs is 1. The standard InChI is InChI=1S/C26H28N4OS/c1-18-22(19(2)30(28-18)21-8-4-3-5-9-21)12-13-25(31)29-16-14-20(15-17-29)26-27-23-10-6-7-11-24(23)32-26/h3-11,20H,12-17H2,1-2H3. The molecule has 0 unspecified atom stereocenters. The molecule has 1 aliphatic rings. The molecule has 0 radical (unpaired) electrons. The highest BCUT2D eigenvalue weighted by atomic mass is 32.1. The summed E-state index contributed by atoms with van der Waals surface area (Å²) in [6, 6.07) is 18.5. The van der Waals surface area contributed by atoms with Crippen LogP contribution >= 0.6 is 11.3 Å². The average Bonchev–Trinajstić information content (AvgIpc) is 3.39.